The molecule has 3 aliphatic carbocycles. The molecule has 0 aromatic heterocycles. The van der Waals surface area contributed by atoms with Crippen molar-refractivity contribution in [3.8, 4) is 11.5 Å². The Labute approximate surface area is 204 Å². The molecule has 2 atom stereocenters. The summed E-state index contributed by atoms with van der Waals surface area (Å²) in [6.07, 6.45) is 1.54. The summed E-state index contributed by atoms with van der Waals surface area (Å²) in [5, 5.41) is 5.49. The number of rotatable bonds is 6. The van der Waals surface area contributed by atoms with Crippen LogP contribution in [0.1, 0.15) is 53.5 Å². The van der Waals surface area contributed by atoms with Gasteiger partial charge < -0.3 is 9.47 Å². The molecule has 6 nitrogen and oxygen atoms in total. The Morgan fingerprint density at radius 2 is 1.29 bits per heavy atom. The Morgan fingerprint density at radius 1 is 0.771 bits per heavy atom. The molecule has 2 bridgehead atoms. The summed E-state index contributed by atoms with van der Waals surface area (Å²) >= 11 is 0. The van der Waals surface area contributed by atoms with Gasteiger partial charge in [0.15, 0.2) is 0 Å². The van der Waals surface area contributed by atoms with E-state index < -0.39 is 11.8 Å². The molecule has 0 N–H and O–H groups in total. The summed E-state index contributed by atoms with van der Waals surface area (Å²) in [7, 11) is 0. The maximum Gasteiger partial charge on any atom is 0.254 e. The predicted molar refractivity (Wildman–Crippen MR) is 132 cm³/mol. The van der Waals surface area contributed by atoms with Crippen LogP contribution in [0.15, 0.2) is 71.8 Å². The molecule has 0 saturated carbocycles. The number of imide groups is 1. The lowest BCUT2D eigenvalue weighted by molar-refractivity contribution is -0.139. The lowest BCUT2D eigenvalue weighted by atomic mass is 9.55. The van der Waals surface area contributed by atoms with Gasteiger partial charge in [-0.05, 0) is 48.2 Å². The fourth-order valence-corrected chi connectivity index (χ4v) is 6.05. The third-order valence-electron chi connectivity index (χ3n) is 7.33. The molecule has 1 heterocycles. The summed E-state index contributed by atoms with van der Waals surface area (Å²) in [5.41, 5.74) is 5.27. The maximum absolute atomic E-state index is 13.7. The van der Waals surface area contributed by atoms with Gasteiger partial charge >= 0.3 is 0 Å². The van der Waals surface area contributed by atoms with Crippen LogP contribution in [0.5, 0.6) is 11.5 Å². The largest absolute Gasteiger partial charge is 0.494 e. The van der Waals surface area contributed by atoms with Crippen LogP contribution in [0.2, 0.25) is 0 Å². The number of ether oxygens (including phenoxy) is 2. The molecule has 2 unspecified atom stereocenters. The number of hydrogen-bond donors (Lipinski definition) is 0. The highest BCUT2D eigenvalue weighted by Crippen LogP contribution is 2.60. The van der Waals surface area contributed by atoms with Crippen molar-refractivity contribution in [2.75, 3.05) is 13.2 Å². The van der Waals surface area contributed by atoms with Crippen molar-refractivity contribution in [2.45, 2.75) is 25.7 Å². The number of nitrogens with zero attached hydrogens (tertiary/aromatic N) is 2. The minimum absolute atomic E-state index is 0.140. The van der Waals surface area contributed by atoms with Crippen molar-refractivity contribution in [3.05, 3.63) is 94.5 Å². The minimum Gasteiger partial charge on any atom is -0.494 e. The van der Waals surface area contributed by atoms with Crippen LogP contribution < -0.4 is 9.47 Å². The van der Waals surface area contributed by atoms with Crippen molar-refractivity contribution in [1.29, 1.82) is 0 Å². The molecule has 1 aliphatic heterocycles. The van der Waals surface area contributed by atoms with Crippen LogP contribution in [0.3, 0.4) is 0 Å². The van der Waals surface area contributed by atoms with Crippen molar-refractivity contribution in [1.82, 2.24) is 5.01 Å². The molecular formula is C29H26N2O4. The SMILES string of the molecule is CCOc1ccc(C=NN2C(=O)C3C4c5ccccc5C(c5ccccc54)C3C2=O)c(OCC)c1. The summed E-state index contributed by atoms with van der Waals surface area (Å²) in [6.45, 7) is 4.84. The molecule has 0 radical (unpaired) electrons. The van der Waals surface area contributed by atoms with E-state index in [4.69, 9.17) is 9.47 Å². The van der Waals surface area contributed by atoms with Crippen molar-refractivity contribution in [2.24, 2.45) is 16.9 Å². The molecule has 6 heteroatoms. The van der Waals surface area contributed by atoms with E-state index in [1.807, 2.05) is 50.2 Å². The predicted octanol–water partition coefficient (Wildman–Crippen LogP) is 4.71. The second-order valence-electron chi connectivity index (χ2n) is 9.06. The molecule has 3 aromatic rings. The molecule has 1 fully saturated rings. The third-order valence-corrected chi connectivity index (χ3v) is 7.33. The molecular weight excluding hydrogens is 440 g/mol. The zero-order valence-electron chi connectivity index (χ0n) is 19.7. The van der Waals surface area contributed by atoms with Gasteiger partial charge in [-0.2, -0.15) is 10.1 Å². The van der Waals surface area contributed by atoms with E-state index in [0.29, 0.717) is 30.3 Å². The van der Waals surface area contributed by atoms with Crippen LogP contribution in [-0.2, 0) is 9.59 Å². The second-order valence-corrected chi connectivity index (χ2v) is 9.06. The van der Waals surface area contributed by atoms with Crippen LogP contribution in [-0.4, -0.2) is 36.3 Å². The number of amides is 2. The van der Waals surface area contributed by atoms with E-state index in [1.165, 1.54) is 6.21 Å². The van der Waals surface area contributed by atoms with E-state index in [2.05, 4.69) is 29.4 Å². The van der Waals surface area contributed by atoms with Gasteiger partial charge in [-0.25, -0.2) is 0 Å². The molecule has 3 aromatic carbocycles. The standard InChI is InChI=1S/C29H26N2O4/c1-3-34-18-14-13-17(23(15-18)35-4-2)16-30-31-28(32)26-24-19-9-5-6-10-20(19)25(27(26)29(31)33)22-12-8-7-11-21(22)24/h5-16,24-27H,3-4H2,1-2H3. The Balaban J connectivity index is 1.38. The molecule has 4 aliphatic rings. The average Bonchev–Trinajstić information content (AvgIpc) is 3.14. The van der Waals surface area contributed by atoms with Gasteiger partial charge in [0, 0.05) is 23.5 Å². The van der Waals surface area contributed by atoms with Crippen LogP contribution in [0, 0.1) is 11.8 Å². The highest BCUT2D eigenvalue weighted by atomic mass is 16.5. The zero-order valence-corrected chi connectivity index (χ0v) is 19.7. The van der Waals surface area contributed by atoms with Gasteiger partial charge in [0.1, 0.15) is 11.5 Å². The van der Waals surface area contributed by atoms with Crippen LogP contribution in [0.25, 0.3) is 0 Å². The van der Waals surface area contributed by atoms with Gasteiger partial charge in [-0.3, -0.25) is 9.59 Å². The van der Waals surface area contributed by atoms with Crippen LogP contribution in [0.4, 0.5) is 0 Å². The summed E-state index contributed by atoms with van der Waals surface area (Å²) < 4.78 is 11.3. The lowest BCUT2D eigenvalue weighted by Gasteiger charge is -2.45. The maximum atomic E-state index is 13.7. The second kappa shape index (κ2) is 8.38. The number of carbonyl (C=O) groups excluding carboxylic acids is 2. The number of benzene rings is 3. The van der Waals surface area contributed by atoms with E-state index >= 15 is 0 Å². The first-order valence-electron chi connectivity index (χ1n) is 12.1. The monoisotopic (exact) mass is 466 g/mol. The molecule has 7 rings (SSSR count). The summed E-state index contributed by atoms with van der Waals surface area (Å²) in [6, 6.07) is 21.9. The van der Waals surface area contributed by atoms with Gasteiger partial charge in [-0.1, -0.05) is 48.5 Å². The number of hydrogen-bond acceptors (Lipinski definition) is 5. The van der Waals surface area contributed by atoms with Crippen LogP contribution >= 0.6 is 0 Å². The van der Waals surface area contributed by atoms with E-state index in [9.17, 15) is 9.59 Å². The molecule has 35 heavy (non-hydrogen) atoms. The fourth-order valence-electron chi connectivity index (χ4n) is 6.05. The smallest absolute Gasteiger partial charge is 0.254 e. The topological polar surface area (TPSA) is 68.2 Å². The first-order chi connectivity index (χ1) is 17.1. The van der Waals surface area contributed by atoms with Gasteiger partial charge in [0.2, 0.25) is 0 Å². The highest BCUT2D eigenvalue weighted by molar-refractivity contribution is 6.08. The fraction of sp³-hybridized carbons (Fsp3) is 0.276. The summed E-state index contributed by atoms with van der Waals surface area (Å²) in [5.74, 6) is -0.351. The first-order valence-corrected chi connectivity index (χ1v) is 12.1. The van der Waals surface area contributed by atoms with E-state index in [1.54, 1.807) is 6.07 Å². The molecule has 2 amide bonds. The van der Waals surface area contributed by atoms with Gasteiger partial charge in [-0.15, -0.1) is 0 Å². The zero-order chi connectivity index (χ0) is 24.1. The Kier molecular flexibility index (Phi) is 5.17. The van der Waals surface area contributed by atoms with Gasteiger partial charge in [0.25, 0.3) is 11.8 Å². The number of hydrazone groups is 1. The van der Waals surface area contributed by atoms with Crippen molar-refractivity contribution >= 4 is 18.0 Å². The van der Waals surface area contributed by atoms with Crippen molar-refractivity contribution < 1.29 is 19.1 Å². The average molecular weight is 467 g/mol. The quantitative estimate of drug-likeness (QED) is 0.390. The first kappa shape index (κ1) is 21.6. The Morgan fingerprint density at radius 3 is 1.77 bits per heavy atom. The minimum atomic E-state index is -0.443. The third kappa shape index (κ3) is 3.20. The van der Waals surface area contributed by atoms with Crippen molar-refractivity contribution in [3.63, 3.8) is 0 Å². The number of carbonyl (C=O) groups is 2. The normalized spacial score (nSPS) is 23.9. The highest BCUT2D eigenvalue weighted by Gasteiger charge is 2.61. The molecule has 1 saturated heterocycles. The molecule has 176 valence electrons. The Bertz CT molecular complexity index is 1250. The Hall–Kier alpha value is -3.93. The summed E-state index contributed by atoms with van der Waals surface area (Å²) in [4.78, 5) is 27.3. The molecule has 0 spiro atoms. The van der Waals surface area contributed by atoms with E-state index in [-0.39, 0.29) is 23.7 Å². The van der Waals surface area contributed by atoms with Gasteiger partial charge in [0.05, 0.1) is 31.3 Å². The lowest BCUT2D eigenvalue weighted by Crippen LogP contribution is -2.41. The van der Waals surface area contributed by atoms with E-state index in [0.717, 1.165) is 27.3 Å².